The van der Waals surface area contributed by atoms with Crippen molar-refractivity contribution in [1.82, 2.24) is 0 Å². The number of aryl methyl sites for hydroxylation is 1. The molecule has 0 aliphatic carbocycles. The maximum atomic E-state index is 11.6. The van der Waals surface area contributed by atoms with Crippen LogP contribution in [0.25, 0.3) is 11.1 Å². The van der Waals surface area contributed by atoms with E-state index in [0.717, 1.165) is 22.0 Å². The molecule has 0 atom stereocenters. The van der Waals surface area contributed by atoms with Crippen LogP contribution >= 0.6 is 15.9 Å². The van der Waals surface area contributed by atoms with Crippen molar-refractivity contribution in [3.8, 4) is 11.1 Å². The van der Waals surface area contributed by atoms with E-state index >= 15 is 0 Å². The molecule has 98 valence electrons. The van der Waals surface area contributed by atoms with Crippen molar-refractivity contribution >= 4 is 21.9 Å². The third-order valence-corrected chi connectivity index (χ3v) is 3.54. The summed E-state index contributed by atoms with van der Waals surface area (Å²) in [5.74, 6) is -0.308. The summed E-state index contributed by atoms with van der Waals surface area (Å²) in [7, 11) is 1.39. The quantitative estimate of drug-likeness (QED) is 0.781. The highest BCUT2D eigenvalue weighted by molar-refractivity contribution is 9.10. The molecule has 2 aromatic carbocycles. The Morgan fingerprint density at radius 2 is 2.00 bits per heavy atom. The summed E-state index contributed by atoms with van der Waals surface area (Å²) in [6.45, 7) is 2.12. The predicted molar refractivity (Wildman–Crippen MR) is 80.3 cm³/mol. The summed E-state index contributed by atoms with van der Waals surface area (Å²) < 4.78 is 5.82. The number of halogens is 1. The number of rotatable bonds is 3. The summed E-state index contributed by atoms with van der Waals surface area (Å²) in [6.07, 6.45) is 0.942. The molecule has 2 nitrogen and oxygen atoms in total. The fourth-order valence-corrected chi connectivity index (χ4v) is 2.48. The van der Waals surface area contributed by atoms with Gasteiger partial charge in [0.25, 0.3) is 0 Å². The molecular formula is C16H15BrO2. The summed E-state index contributed by atoms with van der Waals surface area (Å²) in [6, 6.07) is 13.7. The highest BCUT2D eigenvalue weighted by Gasteiger charge is 2.09. The molecule has 0 radical (unpaired) electrons. The van der Waals surface area contributed by atoms with E-state index < -0.39 is 0 Å². The lowest BCUT2D eigenvalue weighted by Gasteiger charge is -2.10. The van der Waals surface area contributed by atoms with Crippen LogP contribution in [0.1, 0.15) is 22.8 Å². The Bertz CT molecular complexity index is 605. The average Bonchev–Trinajstić information content (AvgIpc) is 2.46. The molecule has 0 aliphatic rings. The average molecular weight is 319 g/mol. The van der Waals surface area contributed by atoms with Gasteiger partial charge in [-0.25, -0.2) is 4.79 Å². The number of methoxy groups -OCH3 is 1. The van der Waals surface area contributed by atoms with Crippen LogP contribution in [0.5, 0.6) is 0 Å². The summed E-state index contributed by atoms with van der Waals surface area (Å²) in [5, 5.41) is 0. The highest BCUT2D eigenvalue weighted by Crippen LogP contribution is 2.28. The van der Waals surface area contributed by atoms with Gasteiger partial charge in [0, 0.05) is 4.47 Å². The third-order valence-electron chi connectivity index (χ3n) is 3.04. The second kappa shape index (κ2) is 6.02. The minimum Gasteiger partial charge on any atom is -0.465 e. The van der Waals surface area contributed by atoms with Gasteiger partial charge in [-0.05, 0) is 47.4 Å². The van der Waals surface area contributed by atoms with E-state index in [1.165, 1.54) is 12.7 Å². The zero-order valence-electron chi connectivity index (χ0n) is 10.9. The lowest BCUT2D eigenvalue weighted by molar-refractivity contribution is 0.0601. The molecule has 0 fully saturated rings. The zero-order chi connectivity index (χ0) is 13.8. The fourth-order valence-electron chi connectivity index (χ4n) is 2.07. The molecule has 2 rings (SSSR count). The highest BCUT2D eigenvalue weighted by atomic mass is 79.9. The molecule has 0 spiro atoms. The number of carbonyl (C=O) groups is 1. The third kappa shape index (κ3) is 3.04. The minimum atomic E-state index is -0.308. The summed E-state index contributed by atoms with van der Waals surface area (Å²) in [5.41, 5.74) is 4.00. The van der Waals surface area contributed by atoms with E-state index in [9.17, 15) is 4.79 Å². The van der Waals surface area contributed by atoms with Gasteiger partial charge in [0.15, 0.2) is 0 Å². The van der Waals surface area contributed by atoms with Crippen molar-refractivity contribution in [3.63, 3.8) is 0 Å². The Kier molecular flexibility index (Phi) is 4.38. The van der Waals surface area contributed by atoms with Gasteiger partial charge in [-0.2, -0.15) is 0 Å². The topological polar surface area (TPSA) is 26.3 Å². The smallest absolute Gasteiger partial charge is 0.337 e. The molecule has 0 amide bonds. The number of hydrogen-bond donors (Lipinski definition) is 0. The molecule has 0 N–H and O–H groups in total. The molecule has 3 heteroatoms. The Morgan fingerprint density at radius 1 is 1.21 bits per heavy atom. The first-order valence-electron chi connectivity index (χ1n) is 6.13. The molecule has 2 aromatic rings. The largest absolute Gasteiger partial charge is 0.465 e. The standard InChI is InChI=1S/C16H15BrO2/c1-3-11-10-14(17)7-8-15(11)12-5-4-6-13(9-12)16(18)19-2/h4-10H,3H2,1-2H3. The van der Waals surface area contributed by atoms with Crippen molar-refractivity contribution in [2.45, 2.75) is 13.3 Å². The molecule has 0 aromatic heterocycles. The Morgan fingerprint density at radius 3 is 2.68 bits per heavy atom. The van der Waals surface area contributed by atoms with Crippen molar-refractivity contribution in [2.75, 3.05) is 7.11 Å². The van der Waals surface area contributed by atoms with Gasteiger partial charge < -0.3 is 4.74 Å². The first-order valence-corrected chi connectivity index (χ1v) is 6.92. The van der Waals surface area contributed by atoms with Crippen LogP contribution in [-0.2, 0) is 11.2 Å². The Balaban J connectivity index is 2.50. The first-order chi connectivity index (χ1) is 9.15. The van der Waals surface area contributed by atoms with Crippen LogP contribution in [0.4, 0.5) is 0 Å². The normalized spacial score (nSPS) is 10.3. The molecular weight excluding hydrogens is 304 g/mol. The van der Waals surface area contributed by atoms with Gasteiger partial charge >= 0.3 is 5.97 Å². The van der Waals surface area contributed by atoms with Crippen LogP contribution < -0.4 is 0 Å². The van der Waals surface area contributed by atoms with Crippen LogP contribution in [-0.4, -0.2) is 13.1 Å². The molecule has 0 saturated carbocycles. The first kappa shape index (κ1) is 13.8. The molecule has 0 bridgehead atoms. The van der Waals surface area contributed by atoms with Gasteiger partial charge in [-0.1, -0.05) is 41.1 Å². The fraction of sp³-hybridized carbons (Fsp3) is 0.188. The summed E-state index contributed by atoms with van der Waals surface area (Å²) in [4.78, 5) is 11.6. The number of esters is 1. The van der Waals surface area contributed by atoms with E-state index in [4.69, 9.17) is 4.74 Å². The number of carbonyl (C=O) groups excluding carboxylic acids is 1. The van der Waals surface area contributed by atoms with Gasteiger partial charge in [-0.15, -0.1) is 0 Å². The van der Waals surface area contributed by atoms with E-state index in [2.05, 4.69) is 35.0 Å². The summed E-state index contributed by atoms with van der Waals surface area (Å²) >= 11 is 3.48. The maximum Gasteiger partial charge on any atom is 0.337 e. The second-order valence-corrected chi connectivity index (χ2v) is 5.14. The number of benzene rings is 2. The van der Waals surface area contributed by atoms with Gasteiger partial charge in [-0.3, -0.25) is 0 Å². The maximum absolute atomic E-state index is 11.6. The molecule has 19 heavy (non-hydrogen) atoms. The molecule has 0 aliphatic heterocycles. The lowest BCUT2D eigenvalue weighted by atomic mass is 9.97. The number of ether oxygens (including phenoxy) is 1. The molecule has 0 saturated heterocycles. The Labute approximate surface area is 121 Å². The monoisotopic (exact) mass is 318 g/mol. The van der Waals surface area contributed by atoms with Gasteiger partial charge in [0.1, 0.15) is 0 Å². The van der Waals surface area contributed by atoms with E-state index in [-0.39, 0.29) is 5.97 Å². The van der Waals surface area contributed by atoms with Crippen molar-refractivity contribution in [3.05, 3.63) is 58.1 Å². The number of hydrogen-bond acceptors (Lipinski definition) is 2. The minimum absolute atomic E-state index is 0.308. The van der Waals surface area contributed by atoms with E-state index in [1.54, 1.807) is 6.07 Å². The molecule has 0 unspecified atom stereocenters. The Hall–Kier alpha value is -1.61. The predicted octanol–water partition coefficient (Wildman–Crippen LogP) is 4.47. The lowest BCUT2D eigenvalue weighted by Crippen LogP contribution is -2.01. The van der Waals surface area contributed by atoms with Crippen LogP contribution in [0.3, 0.4) is 0 Å². The van der Waals surface area contributed by atoms with Gasteiger partial charge in [0.2, 0.25) is 0 Å². The van der Waals surface area contributed by atoms with Crippen LogP contribution in [0.2, 0.25) is 0 Å². The zero-order valence-corrected chi connectivity index (χ0v) is 12.5. The second-order valence-electron chi connectivity index (χ2n) is 4.23. The molecule has 0 heterocycles. The van der Waals surface area contributed by atoms with Crippen molar-refractivity contribution in [2.24, 2.45) is 0 Å². The van der Waals surface area contributed by atoms with Crippen LogP contribution in [0.15, 0.2) is 46.9 Å². The van der Waals surface area contributed by atoms with E-state index in [0.29, 0.717) is 5.56 Å². The van der Waals surface area contributed by atoms with E-state index in [1.807, 2.05) is 24.3 Å². The van der Waals surface area contributed by atoms with Crippen LogP contribution in [0, 0.1) is 0 Å². The van der Waals surface area contributed by atoms with Crippen molar-refractivity contribution in [1.29, 1.82) is 0 Å². The SMILES string of the molecule is CCc1cc(Br)ccc1-c1cccc(C(=O)OC)c1. The van der Waals surface area contributed by atoms with Crippen molar-refractivity contribution < 1.29 is 9.53 Å². The van der Waals surface area contributed by atoms with Gasteiger partial charge in [0.05, 0.1) is 12.7 Å².